The van der Waals surface area contributed by atoms with Crippen LogP contribution < -0.4 is 9.47 Å². The second kappa shape index (κ2) is 12.3. The zero-order valence-electron chi connectivity index (χ0n) is 17.4. The van der Waals surface area contributed by atoms with Gasteiger partial charge in [0.25, 0.3) is 6.47 Å². The van der Waals surface area contributed by atoms with Gasteiger partial charge in [0.2, 0.25) is 0 Å². The number of benzene rings is 1. The third-order valence-corrected chi connectivity index (χ3v) is 4.84. The number of piperidine rings is 1. The van der Waals surface area contributed by atoms with Crippen LogP contribution >= 0.6 is 0 Å². The number of carbonyl (C=O) groups is 2. The fourth-order valence-electron chi connectivity index (χ4n) is 3.57. The van der Waals surface area contributed by atoms with E-state index in [1.165, 1.54) is 0 Å². The van der Waals surface area contributed by atoms with Crippen LogP contribution in [0.15, 0.2) is 24.3 Å². The van der Waals surface area contributed by atoms with Crippen molar-refractivity contribution in [2.24, 2.45) is 5.41 Å². The average Bonchev–Trinajstić information content (AvgIpc) is 2.65. The summed E-state index contributed by atoms with van der Waals surface area (Å²) in [5.74, 6) is 0.598. The number of hydrogen-bond donors (Lipinski definition) is 3. The van der Waals surface area contributed by atoms with Crippen LogP contribution in [0.3, 0.4) is 0 Å². The van der Waals surface area contributed by atoms with Crippen LogP contribution in [0.25, 0.3) is 0 Å². The van der Waals surface area contributed by atoms with Gasteiger partial charge >= 0.3 is 5.97 Å². The first-order valence-electron chi connectivity index (χ1n) is 9.90. The summed E-state index contributed by atoms with van der Waals surface area (Å²) >= 11 is 0. The third kappa shape index (κ3) is 7.55. The summed E-state index contributed by atoms with van der Waals surface area (Å²) in [6, 6.07) is 7.52. The smallest absolute Gasteiger partial charge is 0.313 e. The summed E-state index contributed by atoms with van der Waals surface area (Å²) in [6.45, 7) is 7.78. The first kappa shape index (κ1) is 24.7. The molecule has 0 bridgehead atoms. The van der Waals surface area contributed by atoms with Gasteiger partial charge in [-0.1, -0.05) is 19.4 Å². The topological polar surface area (TPSA) is 117 Å². The highest BCUT2D eigenvalue weighted by Crippen LogP contribution is 2.35. The Hall–Kier alpha value is -2.32. The molecule has 0 radical (unpaired) electrons. The number of carboxylic acids is 1. The molecule has 0 aliphatic carbocycles. The second-order valence-corrected chi connectivity index (χ2v) is 7.39. The fraction of sp³-hybridized carbons (Fsp3) is 0.619. The molecule has 164 valence electrons. The summed E-state index contributed by atoms with van der Waals surface area (Å²) < 4.78 is 11.5. The molecule has 2 rings (SSSR count). The van der Waals surface area contributed by atoms with E-state index in [0.29, 0.717) is 39.1 Å². The van der Waals surface area contributed by atoms with Crippen LogP contribution in [0, 0.1) is 5.41 Å². The number of hydrogen-bond acceptors (Lipinski definition) is 6. The van der Waals surface area contributed by atoms with Crippen molar-refractivity contribution in [3.8, 4) is 11.5 Å². The molecule has 1 aromatic rings. The molecule has 1 aliphatic heterocycles. The van der Waals surface area contributed by atoms with Gasteiger partial charge in [0.15, 0.2) is 0 Å². The molecule has 2 atom stereocenters. The summed E-state index contributed by atoms with van der Waals surface area (Å²) in [7, 11) is 0. The molecule has 1 aromatic carbocycles. The number of aliphatic hydroxyl groups excluding tert-OH is 1. The first-order chi connectivity index (χ1) is 13.8. The number of likely N-dealkylation sites (tertiary alicyclic amines) is 1. The number of aliphatic hydroxyl groups is 1. The lowest BCUT2D eigenvalue weighted by Crippen LogP contribution is -2.56. The van der Waals surface area contributed by atoms with E-state index in [0.717, 1.165) is 17.9 Å². The van der Waals surface area contributed by atoms with Crippen LogP contribution in [0.4, 0.5) is 0 Å². The monoisotopic (exact) mass is 411 g/mol. The fourth-order valence-corrected chi connectivity index (χ4v) is 3.57. The maximum Gasteiger partial charge on any atom is 0.313 e. The van der Waals surface area contributed by atoms with E-state index in [1.807, 2.05) is 45.0 Å². The largest absolute Gasteiger partial charge is 0.492 e. The highest BCUT2D eigenvalue weighted by molar-refractivity contribution is 5.76. The predicted octanol–water partition coefficient (Wildman–Crippen LogP) is 2.49. The molecule has 0 amide bonds. The predicted molar refractivity (Wildman–Crippen MR) is 108 cm³/mol. The van der Waals surface area contributed by atoms with E-state index in [9.17, 15) is 15.0 Å². The van der Waals surface area contributed by atoms with Gasteiger partial charge in [-0.15, -0.1) is 0 Å². The van der Waals surface area contributed by atoms with E-state index in [-0.39, 0.29) is 12.6 Å². The first-order valence-corrected chi connectivity index (χ1v) is 9.90. The van der Waals surface area contributed by atoms with E-state index in [1.54, 1.807) is 0 Å². The average molecular weight is 411 g/mol. The molecule has 1 fully saturated rings. The lowest BCUT2D eigenvalue weighted by molar-refractivity contribution is -0.164. The van der Waals surface area contributed by atoms with Crippen molar-refractivity contribution in [1.82, 2.24) is 4.90 Å². The van der Waals surface area contributed by atoms with E-state index < -0.39 is 17.5 Å². The van der Waals surface area contributed by atoms with E-state index in [2.05, 4.69) is 4.90 Å². The Balaban J connectivity index is 0.00000132. The van der Waals surface area contributed by atoms with E-state index >= 15 is 0 Å². The van der Waals surface area contributed by atoms with Crippen LogP contribution in [0.5, 0.6) is 11.5 Å². The Bertz CT molecular complexity index is 637. The van der Waals surface area contributed by atoms with Gasteiger partial charge in [-0.25, -0.2) is 0 Å². The number of rotatable bonds is 9. The third-order valence-electron chi connectivity index (χ3n) is 4.84. The van der Waals surface area contributed by atoms with Crippen molar-refractivity contribution < 1.29 is 34.4 Å². The van der Waals surface area contributed by atoms with Crippen molar-refractivity contribution in [1.29, 1.82) is 0 Å². The molecule has 8 nitrogen and oxygen atoms in total. The minimum absolute atomic E-state index is 0.104. The van der Waals surface area contributed by atoms with Gasteiger partial charge in [0, 0.05) is 25.7 Å². The lowest BCUT2D eigenvalue weighted by atomic mass is 9.74. The Labute approximate surface area is 172 Å². The van der Waals surface area contributed by atoms with Gasteiger partial charge in [-0.3, -0.25) is 14.5 Å². The normalized spacial score (nSPS) is 21.8. The molecule has 0 spiro atoms. The van der Waals surface area contributed by atoms with Gasteiger partial charge in [0.05, 0.1) is 12.2 Å². The molecule has 0 unspecified atom stereocenters. The number of aliphatic carboxylic acids is 1. The Morgan fingerprint density at radius 3 is 2.62 bits per heavy atom. The lowest BCUT2D eigenvalue weighted by Gasteiger charge is -2.43. The van der Waals surface area contributed by atoms with E-state index in [4.69, 9.17) is 19.4 Å². The van der Waals surface area contributed by atoms with Crippen LogP contribution in [-0.4, -0.2) is 71.1 Å². The molecule has 29 heavy (non-hydrogen) atoms. The van der Waals surface area contributed by atoms with Crippen LogP contribution in [-0.2, 0) is 9.59 Å². The van der Waals surface area contributed by atoms with Crippen molar-refractivity contribution in [2.75, 3.05) is 26.2 Å². The summed E-state index contributed by atoms with van der Waals surface area (Å²) in [6.07, 6.45) is 1.00. The Morgan fingerprint density at radius 1 is 1.38 bits per heavy atom. The zero-order chi connectivity index (χ0) is 21.9. The molecule has 1 heterocycles. The summed E-state index contributed by atoms with van der Waals surface area (Å²) in [4.78, 5) is 22.2. The van der Waals surface area contributed by atoms with Crippen molar-refractivity contribution in [3.05, 3.63) is 24.3 Å². The summed E-state index contributed by atoms with van der Waals surface area (Å²) in [5.41, 5.74) is -1.07. The van der Waals surface area contributed by atoms with Crippen LogP contribution in [0.2, 0.25) is 0 Å². The van der Waals surface area contributed by atoms with Crippen molar-refractivity contribution in [3.63, 3.8) is 0 Å². The molecule has 0 saturated carbocycles. The van der Waals surface area contributed by atoms with Gasteiger partial charge in [-0.2, -0.15) is 0 Å². The van der Waals surface area contributed by atoms with Gasteiger partial charge < -0.3 is 24.8 Å². The molecule has 1 saturated heterocycles. The quantitative estimate of drug-likeness (QED) is 0.531. The molecular formula is C21H33NO7. The molecule has 8 heteroatoms. The molecule has 0 aromatic heterocycles. The number of ether oxygens (including phenoxy) is 2. The van der Waals surface area contributed by atoms with Crippen LogP contribution in [0.1, 0.15) is 40.0 Å². The van der Waals surface area contributed by atoms with Gasteiger partial charge in [0.1, 0.15) is 23.5 Å². The SMILES string of the molecule is CCC[C@@]1(C(=O)O)CN(CCOc2cccc(OC(C)C)c2)CC[C@H]1O.O=CO. The van der Waals surface area contributed by atoms with Crippen molar-refractivity contribution in [2.45, 2.75) is 52.2 Å². The maximum atomic E-state index is 11.8. The molecular weight excluding hydrogens is 378 g/mol. The number of nitrogens with zero attached hydrogens (tertiary/aromatic N) is 1. The standard InChI is InChI=1S/C20H31NO5.CH2O2/c1-4-9-20(19(23)24)14-21(10-8-18(20)22)11-12-25-16-6-5-7-17(13-16)26-15(2)3;2-1-3/h5-7,13,15,18,22H,4,8-12,14H2,1-3H3,(H,23,24);1H,(H,2,3)/t18-,20-;/m1./s1. The van der Waals surface area contributed by atoms with Crippen molar-refractivity contribution >= 4 is 12.4 Å². The minimum Gasteiger partial charge on any atom is -0.492 e. The maximum absolute atomic E-state index is 11.8. The highest BCUT2D eigenvalue weighted by atomic mass is 16.5. The highest BCUT2D eigenvalue weighted by Gasteiger charge is 2.48. The molecule has 3 N–H and O–H groups in total. The molecule has 1 aliphatic rings. The zero-order valence-corrected chi connectivity index (χ0v) is 17.4. The second-order valence-electron chi connectivity index (χ2n) is 7.39. The minimum atomic E-state index is -1.07. The Kier molecular flexibility index (Phi) is 10.5. The Morgan fingerprint density at radius 2 is 2.03 bits per heavy atom. The summed E-state index contributed by atoms with van der Waals surface area (Å²) in [5, 5.41) is 26.9. The van der Waals surface area contributed by atoms with Gasteiger partial charge in [-0.05, 0) is 38.8 Å². The number of carboxylic acid groups (broad SMARTS) is 2.